The molecule has 0 saturated heterocycles. The monoisotopic (exact) mass is 347 g/mol. The lowest BCUT2D eigenvalue weighted by molar-refractivity contribution is -0.168. The normalized spacial score (nSPS) is 15.2. The summed E-state index contributed by atoms with van der Waals surface area (Å²) in [6, 6.07) is 0. The maximum atomic E-state index is 12.4. The number of methoxy groups -OCH3 is 1. The highest BCUT2D eigenvalue weighted by Gasteiger charge is 2.45. The van der Waals surface area contributed by atoms with E-state index in [9.17, 15) is 14.4 Å². The Morgan fingerprint density at radius 1 is 1.12 bits per heavy atom. The largest absolute Gasteiger partial charge is 0.463 e. The van der Waals surface area contributed by atoms with Crippen LogP contribution in [0.3, 0.4) is 0 Å². The van der Waals surface area contributed by atoms with Crippen molar-refractivity contribution in [2.45, 2.75) is 46.6 Å². The molecule has 0 bridgehead atoms. The lowest BCUT2D eigenvalue weighted by Gasteiger charge is -2.34. The van der Waals surface area contributed by atoms with Crippen LogP contribution in [-0.4, -0.2) is 56.0 Å². The van der Waals surface area contributed by atoms with Crippen LogP contribution in [0.2, 0.25) is 0 Å². The molecule has 0 rings (SSSR count). The van der Waals surface area contributed by atoms with Gasteiger partial charge in [0.15, 0.2) is 0 Å². The molecule has 3 N–H and O–H groups in total. The van der Waals surface area contributed by atoms with Gasteiger partial charge in [-0.15, -0.1) is 0 Å². The minimum atomic E-state index is -1.27. The van der Waals surface area contributed by atoms with E-state index in [2.05, 4.69) is 0 Å². The summed E-state index contributed by atoms with van der Waals surface area (Å²) in [5.41, 5.74) is 2.90. The molecule has 0 heterocycles. The van der Waals surface area contributed by atoms with Crippen molar-refractivity contribution in [1.29, 1.82) is 0 Å². The number of hydrogen-bond acceptors (Lipinski definition) is 7. The van der Waals surface area contributed by atoms with Crippen molar-refractivity contribution in [2.75, 3.05) is 26.9 Å². The van der Waals surface area contributed by atoms with Gasteiger partial charge in [0.25, 0.3) is 0 Å². The molecule has 0 saturated carbocycles. The third-order valence-corrected chi connectivity index (χ3v) is 3.53. The van der Waals surface area contributed by atoms with Crippen LogP contribution in [0.1, 0.15) is 40.5 Å². The number of aliphatic hydroxyl groups is 1. The Bertz CT molecular complexity index is 450. The maximum absolute atomic E-state index is 12.4. The third-order valence-electron chi connectivity index (χ3n) is 3.53. The average molecular weight is 347 g/mol. The molecule has 0 aliphatic rings. The van der Waals surface area contributed by atoms with Crippen LogP contribution in [0.4, 0.5) is 0 Å². The molecule has 0 radical (unpaired) electrons. The van der Waals surface area contributed by atoms with E-state index in [1.807, 2.05) is 0 Å². The van der Waals surface area contributed by atoms with Gasteiger partial charge in [-0.05, 0) is 34.1 Å². The molecule has 0 aromatic heterocycles. The van der Waals surface area contributed by atoms with Crippen LogP contribution in [-0.2, 0) is 28.6 Å². The van der Waals surface area contributed by atoms with Crippen molar-refractivity contribution in [3.05, 3.63) is 0 Å². The van der Waals surface area contributed by atoms with Crippen LogP contribution in [0.15, 0.2) is 0 Å². The van der Waals surface area contributed by atoms with E-state index in [0.29, 0.717) is 0 Å². The van der Waals surface area contributed by atoms with Gasteiger partial charge in [-0.2, -0.15) is 0 Å². The third kappa shape index (κ3) is 7.27. The topological polar surface area (TPSA) is 125 Å². The summed E-state index contributed by atoms with van der Waals surface area (Å²) >= 11 is 0. The first-order valence-electron chi connectivity index (χ1n) is 7.75. The number of esters is 2. The average Bonchev–Trinajstić information content (AvgIpc) is 2.45. The second-order valence-electron chi connectivity index (χ2n) is 6.79. The fourth-order valence-electron chi connectivity index (χ4n) is 2.41. The zero-order chi connectivity index (χ0) is 19.0. The van der Waals surface area contributed by atoms with Gasteiger partial charge in [-0.1, -0.05) is 0 Å². The van der Waals surface area contributed by atoms with E-state index < -0.39 is 34.8 Å². The zero-order valence-corrected chi connectivity index (χ0v) is 15.1. The summed E-state index contributed by atoms with van der Waals surface area (Å²) in [7, 11) is 1.47. The predicted octanol–water partition coefficient (Wildman–Crippen LogP) is 0.398. The molecule has 2 atom stereocenters. The highest BCUT2D eigenvalue weighted by molar-refractivity contribution is 5.86. The van der Waals surface area contributed by atoms with Crippen molar-refractivity contribution in [3.63, 3.8) is 0 Å². The standard InChI is InChI=1S/C16H29NO7/c1-11(9-18)24-13(20)15(2,3)10-16(4,8-12(17)19)14(21)23-7-6-22-5/h11,18H,6-10H2,1-5H3,(H2,17,19). The Morgan fingerprint density at radius 3 is 2.17 bits per heavy atom. The highest BCUT2D eigenvalue weighted by Crippen LogP contribution is 2.38. The Balaban J connectivity index is 5.19. The number of hydrogen-bond donors (Lipinski definition) is 2. The number of carbonyl (C=O) groups excluding carboxylic acids is 3. The van der Waals surface area contributed by atoms with E-state index in [4.69, 9.17) is 25.1 Å². The summed E-state index contributed by atoms with van der Waals surface area (Å²) in [6.07, 6.45) is -0.913. The van der Waals surface area contributed by atoms with E-state index in [1.54, 1.807) is 20.8 Å². The van der Waals surface area contributed by atoms with Crippen LogP contribution >= 0.6 is 0 Å². The molecule has 0 aliphatic heterocycles. The molecule has 1 amide bonds. The molecular weight excluding hydrogens is 318 g/mol. The Morgan fingerprint density at radius 2 is 1.71 bits per heavy atom. The van der Waals surface area contributed by atoms with Gasteiger partial charge in [0.1, 0.15) is 12.7 Å². The first-order chi connectivity index (χ1) is 11.0. The quantitative estimate of drug-likeness (QED) is 0.409. The van der Waals surface area contributed by atoms with Gasteiger partial charge in [0.05, 0.1) is 24.0 Å². The molecule has 0 aromatic rings. The first-order valence-corrected chi connectivity index (χ1v) is 7.75. The molecular formula is C16H29NO7. The fourth-order valence-corrected chi connectivity index (χ4v) is 2.41. The van der Waals surface area contributed by atoms with Gasteiger partial charge in [0, 0.05) is 13.5 Å². The van der Waals surface area contributed by atoms with Gasteiger partial charge in [0.2, 0.25) is 5.91 Å². The first kappa shape index (κ1) is 22.3. The van der Waals surface area contributed by atoms with Crippen LogP contribution in [0.25, 0.3) is 0 Å². The van der Waals surface area contributed by atoms with Gasteiger partial charge in [-0.25, -0.2) is 0 Å². The Kier molecular flexibility index (Phi) is 8.92. The molecule has 140 valence electrons. The van der Waals surface area contributed by atoms with E-state index in [1.165, 1.54) is 14.0 Å². The van der Waals surface area contributed by atoms with Gasteiger partial charge < -0.3 is 25.1 Å². The molecule has 8 nitrogen and oxygen atoms in total. The second kappa shape index (κ2) is 9.58. The minimum Gasteiger partial charge on any atom is -0.463 e. The summed E-state index contributed by atoms with van der Waals surface area (Å²) in [5, 5.41) is 8.99. The number of rotatable bonds is 11. The summed E-state index contributed by atoms with van der Waals surface area (Å²) in [6.45, 7) is 6.22. The van der Waals surface area contributed by atoms with E-state index >= 15 is 0 Å². The van der Waals surface area contributed by atoms with Crippen LogP contribution in [0.5, 0.6) is 0 Å². The number of carbonyl (C=O) groups is 3. The number of nitrogens with two attached hydrogens (primary N) is 1. The molecule has 0 aromatic carbocycles. The number of ether oxygens (including phenoxy) is 3. The van der Waals surface area contributed by atoms with Crippen LogP contribution < -0.4 is 5.73 Å². The summed E-state index contributed by atoms with van der Waals surface area (Å²) in [4.78, 5) is 36.0. The van der Waals surface area contributed by atoms with Crippen LogP contribution in [0, 0.1) is 10.8 Å². The van der Waals surface area contributed by atoms with Crippen molar-refractivity contribution in [3.8, 4) is 0 Å². The van der Waals surface area contributed by atoms with Gasteiger partial charge in [-0.3, -0.25) is 14.4 Å². The summed E-state index contributed by atoms with van der Waals surface area (Å²) in [5.74, 6) is -1.88. The van der Waals surface area contributed by atoms with Gasteiger partial charge >= 0.3 is 11.9 Å². The lowest BCUT2D eigenvalue weighted by atomic mass is 9.72. The number of aliphatic hydroxyl groups excluding tert-OH is 1. The number of amides is 1. The molecule has 0 fully saturated rings. The Labute approximate surface area is 142 Å². The van der Waals surface area contributed by atoms with Crippen molar-refractivity contribution < 1.29 is 33.7 Å². The maximum Gasteiger partial charge on any atom is 0.312 e. The minimum absolute atomic E-state index is 0.00569. The van der Waals surface area contributed by atoms with Crippen molar-refractivity contribution in [1.82, 2.24) is 0 Å². The van der Waals surface area contributed by atoms with Crippen molar-refractivity contribution >= 4 is 17.8 Å². The van der Waals surface area contributed by atoms with Crippen molar-refractivity contribution in [2.24, 2.45) is 16.6 Å². The molecule has 0 spiro atoms. The molecule has 24 heavy (non-hydrogen) atoms. The SMILES string of the molecule is COCCOC(=O)C(C)(CC(N)=O)CC(C)(C)C(=O)OC(C)CO. The lowest BCUT2D eigenvalue weighted by Crippen LogP contribution is -2.42. The predicted molar refractivity (Wildman–Crippen MR) is 85.8 cm³/mol. The fraction of sp³-hybridized carbons (Fsp3) is 0.812. The summed E-state index contributed by atoms with van der Waals surface area (Å²) < 4.78 is 15.0. The molecule has 8 heteroatoms. The molecule has 2 unspecified atom stereocenters. The second-order valence-corrected chi connectivity index (χ2v) is 6.79. The highest BCUT2D eigenvalue weighted by atomic mass is 16.6. The van der Waals surface area contributed by atoms with E-state index in [0.717, 1.165) is 0 Å². The molecule has 0 aliphatic carbocycles. The number of primary amides is 1. The smallest absolute Gasteiger partial charge is 0.312 e. The Hall–Kier alpha value is -1.67. The zero-order valence-electron chi connectivity index (χ0n) is 15.1. The van der Waals surface area contributed by atoms with E-state index in [-0.39, 0.29) is 32.7 Å².